The molecule has 0 aromatic heterocycles. The maximum atomic E-state index is 6.33. The molecule has 2 fully saturated rings. The van der Waals surface area contributed by atoms with Gasteiger partial charge in [0.25, 0.3) is 0 Å². The van der Waals surface area contributed by atoms with Crippen LogP contribution in [0.5, 0.6) is 5.75 Å². The molecular weight excluding hydrogens is 348 g/mol. The van der Waals surface area contributed by atoms with E-state index in [1.807, 2.05) is 0 Å². The van der Waals surface area contributed by atoms with Crippen molar-refractivity contribution in [2.24, 2.45) is 10.9 Å². The summed E-state index contributed by atoms with van der Waals surface area (Å²) in [5.74, 6) is 2.63. The van der Waals surface area contributed by atoms with Gasteiger partial charge >= 0.3 is 0 Å². The van der Waals surface area contributed by atoms with Crippen molar-refractivity contribution in [1.29, 1.82) is 0 Å². The molecule has 1 saturated carbocycles. The van der Waals surface area contributed by atoms with Crippen LogP contribution in [0.2, 0.25) is 0 Å². The molecule has 5 heteroatoms. The van der Waals surface area contributed by atoms with E-state index in [9.17, 15) is 0 Å². The minimum Gasteiger partial charge on any atom is -0.490 e. The summed E-state index contributed by atoms with van der Waals surface area (Å²) in [5, 5.41) is 6.94. The summed E-state index contributed by atoms with van der Waals surface area (Å²) < 4.78 is 6.33. The van der Waals surface area contributed by atoms with Gasteiger partial charge in [-0.3, -0.25) is 0 Å². The van der Waals surface area contributed by atoms with Gasteiger partial charge in [-0.15, -0.1) is 0 Å². The lowest BCUT2D eigenvalue weighted by Gasteiger charge is -2.18. The van der Waals surface area contributed by atoms with Crippen molar-refractivity contribution in [3.8, 4) is 5.75 Å². The van der Waals surface area contributed by atoms with Crippen molar-refractivity contribution < 1.29 is 4.74 Å². The average Bonchev–Trinajstić information content (AvgIpc) is 3.37. The van der Waals surface area contributed by atoms with Crippen LogP contribution in [-0.4, -0.2) is 49.7 Å². The van der Waals surface area contributed by atoms with Crippen LogP contribution in [0, 0.1) is 12.8 Å². The summed E-state index contributed by atoms with van der Waals surface area (Å²) in [6, 6.07) is 6.49. The zero-order chi connectivity index (χ0) is 19.8. The first-order chi connectivity index (χ1) is 13.7. The summed E-state index contributed by atoms with van der Waals surface area (Å²) in [4.78, 5) is 7.37. The Morgan fingerprint density at radius 3 is 2.71 bits per heavy atom. The largest absolute Gasteiger partial charge is 0.490 e. The topological polar surface area (TPSA) is 48.9 Å². The number of hydrogen-bond donors (Lipinski definition) is 2. The Bertz CT molecular complexity index is 639. The highest BCUT2D eigenvalue weighted by molar-refractivity contribution is 5.79. The van der Waals surface area contributed by atoms with Gasteiger partial charge in [-0.2, -0.15) is 0 Å². The number of nitrogens with zero attached hydrogens (tertiary/aromatic N) is 2. The van der Waals surface area contributed by atoms with Crippen LogP contribution >= 0.6 is 0 Å². The molecular formula is C23H38N4O. The SMILES string of the molecule is CCNC(=NCc1ccc(C)cc1OC1CCCC1)NCC1CCN(CC)C1. The van der Waals surface area contributed by atoms with Gasteiger partial charge in [0.05, 0.1) is 12.6 Å². The molecule has 1 unspecified atom stereocenters. The van der Waals surface area contributed by atoms with Gasteiger partial charge in [-0.25, -0.2) is 4.99 Å². The number of aryl methyl sites for hydroxylation is 1. The highest BCUT2D eigenvalue weighted by Gasteiger charge is 2.21. The minimum absolute atomic E-state index is 0.375. The molecule has 0 bridgehead atoms. The van der Waals surface area contributed by atoms with Crippen LogP contribution in [0.1, 0.15) is 57.1 Å². The summed E-state index contributed by atoms with van der Waals surface area (Å²) in [6.07, 6.45) is 6.58. The van der Waals surface area contributed by atoms with Crippen molar-refractivity contribution in [2.45, 2.75) is 65.5 Å². The smallest absolute Gasteiger partial charge is 0.191 e. The monoisotopic (exact) mass is 386 g/mol. The Balaban J connectivity index is 1.60. The van der Waals surface area contributed by atoms with Crippen LogP contribution in [0.3, 0.4) is 0 Å². The summed E-state index contributed by atoms with van der Waals surface area (Å²) in [6.45, 7) is 12.6. The Kier molecular flexibility index (Phi) is 8.01. The molecule has 1 aromatic carbocycles. The predicted molar refractivity (Wildman–Crippen MR) is 117 cm³/mol. The van der Waals surface area contributed by atoms with E-state index in [1.165, 1.54) is 56.3 Å². The number of guanidine groups is 1. The predicted octanol–water partition coefficient (Wildman–Crippen LogP) is 3.71. The van der Waals surface area contributed by atoms with Gasteiger partial charge in [0, 0.05) is 25.2 Å². The van der Waals surface area contributed by atoms with E-state index < -0.39 is 0 Å². The normalized spacial score (nSPS) is 21.2. The Morgan fingerprint density at radius 2 is 2.00 bits per heavy atom. The molecule has 0 amide bonds. The third-order valence-corrected chi connectivity index (χ3v) is 5.95. The Hall–Kier alpha value is -1.75. The number of ether oxygens (including phenoxy) is 1. The molecule has 1 saturated heterocycles. The number of nitrogens with one attached hydrogen (secondary N) is 2. The molecule has 2 aliphatic rings. The molecule has 1 atom stereocenters. The highest BCUT2D eigenvalue weighted by Crippen LogP contribution is 2.28. The highest BCUT2D eigenvalue weighted by atomic mass is 16.5. The minimum atomic E-state index is 0.375. The second kappa shape index (κ2) is 10.7. The molecule has 5 nitrogen and oxygen atoms in total. The van der Waals surface area contributed by atoms with Gasteiger partial charge in [0.2, 0.25) is 0 Å². The molecule has 3 rings (SSSR count). The van der Waals surface area contributed by atoms with Gasteiger partial charge in [0.15, 0.2) is 5.96 Å². The van der Waals surface area contributed by atoms with Gasteiger partial charge in [-0.1, -0.05) is 19.1 Å². The summed E-state index contributed by atoms with van der Waals surface area (Å²) >= 11 is 0. The zero-order valence-electron chi connectivity index (χ0n) is 18.0. The summed E-state index contributed by atoms with van der Waals surface area (Å²) in [5.41, 5.74) is 2.42. The van der Waals surface area contributed by atoms with Gasteiger partial charge in [0.1, 0.15) is 5.75 Å². The molecule has 156 valence electrons. The third kappa shape index (κ3) is 6.13. The Labute approximate surface area is 170 Å². The fraction of sp³-hybridized carbons (Fsp3) is 0.696. The second-order valence-electron chi connectivity index (χ2n) is 8.26. The van der Waals surface area contributed by atoms with Crippen molar-refractivity contribution in [2.75, 3.05) is 32.7 Å². The van der Waals surface area contributed by atoms with Crippen molar-refractivity contribution in [3.63, 3.8) is 0 Å². The van der Waals surface area contributed by atoms with Crippen molar-refractivity contribution in [3.05, 3.63) is 29.3 Å². The summed E-state index contributed by atoms with van der Waals surface area (Å²) in [7, 11) is 0. The lowest BCUT2D eigenvalue weighted by Crippen LogP contribution is -2.40. The number of rotatable bonds is 8. The van der Waals surface area contributed by atoms with Crippen molar-refractivity contribution >= 4 is 5.96 Å². The van der Waals surface area contributed by atoms with E-state index in [-0.39, 0.29) is 0 Å². The molecule has 28 heavy (non-hydrogen) atoms. The number of aliphatic imine (C=N–C) groups is 1. The number of benzene rings is 1. The molecule has 1 aliphatic carbocycles. The molecule has 1 aromatic rings. The van der Waals surface area contributed by atoms with Crippen LogP contribution in [0.25, 0.3) is 0 Å². The quantitative estimate of drug-likeness (QED) is 0.528. The van der Waals surface area contributed by atoms with Crippen LogP contribution in [0.4, 0.5) is 0 Å². The van der Waals surface area contributed by atoms with Gasteiger partial charge < -0.3 is 20.3 Å². The van der Waals surface area contributed by atoms with Crippen LogP contribution < -0.4 is 15.4 Å². The third-order valence-electron chi connectivity index (χ3n) is 5.95. The molecule has 1 aliphatic heterocycles. The lowest BCUT2D eigenvalue weighted by atomic mass is 10.1. The zero-order valence-corrected chi connectivity index (χ0v) is 18.0. The van der Waals surface area contributed by atoms with Crippen molar-refractivity contribution in [1.82, 2.24) is 15.5 Å². The van der Waals surface area contributed by atoms with E-state index in [2.05, 4.69) is 54.5 Å². The first-order valence-electron chi connectivity index (χ1n) is 11.2. The van der Waals surface area contributed by atoms with E-state index >= 15 is 0 Å². The van der Waals surface area contributed by atoms with Crippen LogP contribution in [0.15, 0.2) is 23.2 Å². The van der Waals surface area contributed by atoms with E-state index in [0.717, 1.165) is 31.3 Å². The van der Waals surface area contributed by atoms with E-state index in [4.69, 9.17) is 9.73 Å². The molecule has 1 heterocycles. The van der Waals surface area contributed by atoms with Crippen LogP contribution in [-0.2, 0) is 6.54 Å². The molecule has 0 spiro atoms. The maximum Gasteiger partial charge on any atom is 0.191 e. The molecule has 2 N–H and O–H groups in total. The lowest BCUT2D eigenvalue weighted by molar-refractivity contribution is 0.208. The van der Waals surface area contributed by atoms with E-state index in [0.29, 0.717) is 18.6 Å². The van der Waals surface area contributed by atoms with E-state index in [1.54, 1.807) is 0 Å². The number of hydrogen-bond acceptors (Lipinski definition) is 3. The Morgan fingerprint density at radius 1 is 1.18 bits per heavy atom. The number of likely N-dealkylation sites (tertiary alicyclic amines) is 1. The second-order valence-corrected chi connectivity index (χ2v) is 8.26. The fourth-order valence-electron chi connectivity index (χ4n) is 4.20. The standard InChI is InChI=1S/C23H38N4O/c1-4-24-23(25-15-19-12-13-27(5-2)17-19)26-16-20-11-10-18(3)14-22(20)28-21-8-6-7-9-21/h10-11,14,19,21H,4-9,12-13,15-17H2,1-3H3,(H2,24,25,26). The fourth-order valence-corrected chi connectivity index (χ4v) is 4.20. The van der Waals surface area contributed by atoms with Gasteiger partial charge in [-0.05, 0) is 76.6 Å². The maximum absolute atomic E-state index is 6.33. The average molecular weight is 387 g/mol. The first kappa shape index (κ1) is 21.0. The first-order valence-corrected chi connectivity index (χ1v) is 11.2. The molecule has 0 radical (unpaired) electrons.